The highest BCUT2D eigenvalue weighted by molar-refractivity contribution is 6.30. The third-order valence-corrected chi connectivity index (χ3v) is 3.27. The van der Waals surface area contributed by atoms with Crippen molar-refractivity contribution < 1.29 is 9.21 Å². The van der Waals surface area contributed by atoms with Crippen LogP contribution >= 0.6 is 11.6 Å². The van der Waals surface area contributed by atoms with Gasteiger partial charge in [-0.15, -0.1) is 0 Å². The Hall–Kier alpha value is -2.51. The average Bonchev–Trinajstić information content (AvgIpc) is 3.03. The van der Waals surface area contributed by atoms with Crippen molar-refractivity contribution in [1.29, 1.82) is 5.26 Å². The second-order valence-electron chi connectivity index (χ2n) is 4.63. The standard InChI is InChI=1S/C17H15ClN2O2/c18-15-7-4-14(5-8-15)6-9-17(21)20(11-2-10-19)13-16-3-1-12-22-16/h1,3-9,12H,2,11,13H2/b9-6+. The molecule has 5 heteroatoms. The molecule has 0 saturated heterocycles. The minimum Gasteiger partial charge on any atom is -0.467 e. The highest BCUT2D eigenvalue weighted by atomic mass is 35.5. The molecule has 1 amide bonds. The Bertz CT molecular complexity index is 670. The van der Waals surface area contributed by atoms with Crippen LogP contribution in [0.5, 0.6) is 0 Å². The van der Waals surface area contributed by atoms with E-state index < -0.39 is 0 Å². The molecule has 0 spiro atoms. The summed E-state index contributed by atoms with van der Waals surface area (Å²) in [7, 11) is 0. The summed E-state index contributed by atoms with van der Waals surface area (Å²) >= 11 is 5.82. The number of hydrogen-bond donors (Lipinski definition) is 0. The zero-order chi connectivity index (χ0) is 15.8. The maximum Gasteiger partial charge on any atom is 0.247 e. The van der Waals surface area contributed by atoms with Gasteiger partial charge in [-0.3, -0.25) is 4.79 Å². The molecule has 0 saturated carbocycles. The van der Waals surface area contributed by atoms with Crippen LogP contribution in [0.3, 0.4) is 0 Å². The smallest absolute Gasteiger partial charge is 0.247 e. The summed E-state index contributed by atoms with van der Waals surface area (Å²) in [5.41, 5.74) is 0.885. The van der Waals surface area contributed by atoms with Crippen molar-refractivity contribution in [2.45, 2.75) is 13.0 Å². The summed E-state index contributed by atoms with van der Waals surface area (Å²) in [5, 5.41) is 9.36. The fourth-order valence-corrected chi connectivity index (χ4v) is 2.02. The molecule has 1 heterocycles. The Balaban J connectivity index is 2.04. The second-order valence-corrected chi connectivity index (χ2v) is 5.07. The van der Waals surface area contributed by atoms with Crippen molar-refractivity contribution >= 4 is 23.6 Å². The zero-order valence-electron chi connectivity index (χ0n) is 11.9. The third-order valence-electron chi connectivity index (χ3n) is 3.02. The van der Waals surface area contributed by atoms with Gasteiger partial charge in [0.25, 0.3) is 0 Å². The average molecular weight is 315 g/mol. The minimum atomic E-state index is -0.165. The van der Waals surface area contributed by atoms with Crippen molar-refractivity contribution in [2.24, 2.45) is 0 Å². The van der Waals surface area contributed by atoms with Crippen molar-refractivity contribution in [2.75, 3.05) is 6.54 Å². The SMILES string of the molecule is N#CCCN(Cc1ccco1)C(=O)/C=C/c1ccc(Cl)cc1. The number of furan rings is 1. The summed E-state index contributed by atoms with van der Waals surface area (Å²) in [5.74, 6) is 0.521. The molecular weight excluding hydrogens is 300 g/mol. The fourth-order valence-electron chi connectivity index (χ4n) is 1.89. The first kappa shape index (κ1) is 15.9. The first-order chi connectivity index (χ1) is 10.7. The molecule has 2 rings (SSSR count). The van der Waals surface area contributed by atoms with Crippen LogP contribution in [0.15, 0.2) is 53.2 Å². The van der Waals surface area contributed by atoms with Gasteiger partial charge >= 0.3 is 0 Å². The molecule has 0 atom stereocenters. The van der Waals surface area contributed by atoms with E-state index in [1.807, 2.05) is 18.2 Å². The summed E-state index contributed by atoms with van der Waals surface area (Å²) in [6.07, 6.45) is 5.05. The minimum absolute atomic E-state index is 0.165. The van der Waals surface area contributed by atoms with Crippen LogP contribution in [-0.2, 0) is 11.3 Å². The second kappa shape index (κ2) is 8.06. The van der Waals surface area contributed by atoms with Crippen molar-refractivity contribution in [1.82, 2.24) is 4.90 Å². The van der Waals surface area contributed by atoms with Crippen molar-refractivity contribution in [3.63, 3.8) is 0 Å². The number of hydrogen-bond acceptors (Lipinski definition) is 3. The lowest BCUT2D eigenvalue weighted by molar-refractivity contribution is -0.126. The van der Waals surface area contributed by atoms with Gasteiger partial charge in [0.05, 0.1) is 25.3 Å². The van der Waals surface area contributed by atoms with E-state index in [9.17, 15) is 4.79 Å². The number of benzene rings is 1. The van der Waals surface area contributed by atoms with Gasteiger partial charge in [0.15, 0.2) is 0 Å². The van der Waals surface area contributed by atoms with Gasteiger partial charge in [0, 0.05) is 17.6 Å². The topological polar surface area (TPSA) is 57.2 Å². The van der Waals surface area contributed by atoms with E-state index >= 15 is 0 Å². The molecule has 0 radical (unpaired) electrons. The highest BCUT2D eigenvalue weighted by Crippen LogP contribution is 2.12. The number of halogens is 1. The maximum atomic E-state index is 12.3. The maximum absolute atomic E-state index is 12.3. The molecule has 0 aliphatic rings. The van der Waals surface area contributed by atoms with Crippen LogP contribution in [-0.4, -0.2) is 17.4 Å². The van der Waals surface area contributed by atoms with E-state index in [-0.39, 0.29) is 12.3 Å². The van der Waals surface area contributed by atoms with Gasteiger partial charge in [-0.1, -0.05) is 23.7 Å². The summed E-state index contributed by atoms with van der Waals surface area (Å²) in [6, 6.07) is 12.8. The van der Waals surface area contributed by atoms with Gasteiger partial charge in [0.2, 0.25) is 5.91 Å². The van der Waals surface area contributed by atoms with E-state index in [2.05, 4.69) is 0 Å². The predicted octanol–water partition coefficient (Wildman–Crippen LogP) is 3.89. The van der Waals surface area contributed by atoms with Gasteiger partial charge in [-0.25, -0.2) is 0 Å². The summed E-state index contributed by atoms with van der Waals surface area (Å²) in [6.45, 7) is 0.708. The Morgan fingerprint density at radius 1 is 1.32 bits per heavy atom. The fraction of sp³-hybridized carbons (Fsp3) is 0.176. The third kappa shape index (κ3) is 4.80. The van der Waals surface area contributed by atoms with E-state index in [0.29, 0.717) is 23.9 Å². The van der Waals surface area contributed by atoms with Gasteiger partial charge in [-0.05, 0) is 35.9 Å². The lowest BCUT2D eigenvalue weighted by Gasteiger charge is -2.18. The molecule has 22 heavy (non-hydrogen) atoms. The molecule has 0 unspecified atom stereocenters. The first-order valence-corrected chi connectivity index (χ1v) is 7.19. The largest absolute Gasteiger partial charge is 0.467 e. The molecule has 2 aromatic rings. The molecule has 0 aliphatic carbocycles. The first-order valence-electron chi connectivity index (χ1n) is 6.81. The van der Waals surface area contributed by atoms with Gasteiger partial charge in [0.1, 0.15) is 5.76 Å². The van der Waals surface area contributed by atoms with E-state index in [1.54, 1.807) is 41.5 Å². The van der Waals surface area contributed by atoms with Crippen LogP contribution in [0.1, 0.15) is 17.7 Å². The number of rotatable bonds is 6. The molecule has 0 N–H and O–H groups in total. The zero-order valence-corrected chi connectivity index (χ0v) is 12.7. The Morgan fingerprint density at radius 3 is 2.73 bits per heavy atom. The lowest BCUT2D eigenvalue weighted by atomic mass is 10.2. The number of nitriles is 1. The van der Waals surface area contributed by atoms with E-state index in [0.717, 1.165) is 5.56 Å². The molecule has 0 fully saturated rings. The predicted molar refractivity (Wildman–Crippen MR) is 84.8 cm³/mol. The Morgan fingerprint density at radius 2 is 2.09 bits per heavy atom. The van der Waals surface area contributed by atoms with Crippen LogP contribution in [0, 0.1) is 11.3 Å². The molecular formula is C17H15ClN2O2. The normalized spacial score (nSPS) is 10.5. The van der Waals surface area contributed by atoms with Crippen molar-refractivity contribution in [3.8, 4) is 6.07 Å². The van der Waals surface area contributed by atoms with E-state index in [4.69, 9.17) is 21.3 Å². The Labute approximate surface area is 134 Å². The van der Waals surface area contributed by atoms with Crippen molar-refractivity contribution in [3.05, 3.63) is 65.1 Å². The number of carbonyl (C=O) groups is 1. The molecule has 0 aliphatic heterocycles. The van der Waals surface area contributed by atoms with Crippen LogP contribution in [0.4, 0.5) is 0 Å². The van der Waals surface area contributed by atoms with Crippen LogP contribution in [0.25, 0.3) is 6.08 Å². The Kier molecular flexibility index (Phi) is 5.81. The molecule has 4 nitrogen and oxygen atoms in total. The van der Waals surface area contributed by atoms with Crippen LogP contribution in [0.2, 0.25) is 5.02 Å². The monoisotopic (exact) mass is 314 g/mol. The highest BCUT2D eigenvalue weighted by Gasteiger charge is 2.12. The summed E-state index contributed by atoms with van der Waals surface area (Å²) in [4.78, 5) is 13.9. The van der Waals surface area contributed by atoms with E-state index in [1.165, 1.54) is 6.08 Å². The molecule has 112 valence electrons. The molecule has 0 bridgehead atoms. The number of carbonyl (C=O) groups excluding carboxylic acids is 1. The summed E-state index contributed by atoms with van der Waals surface area (Å²) < 4.78 is 5.25. The quantitative estimate of drug-likeness (QED) is 0.760. The number of nitrogens with zero attached hydrogens (tertiary/aromatic N) is 2. The van der Waals surface area contributed by atoms with Crippen LogP contribution < -0.4 is 0 Å². The number of amides is 1. The van der Waals surface area contributed by atoms with Gasteiger partial charge in [-0.2, -0.15) is 5.26 Å². The lowest BCUT2D eigenvalue weighted by Crippen LogP contribution is -2.29. The molecule has 1 aromatic heterocycles. The molecule has 1 aromatic carbocycles. The van der Waals surface area contributed by atoms with Gasteiger partial charge < -0.3 is 9.32 Å².